The van der Waals surface area contributed by atoms with E-state index in [1.807, 2.05) is 6.07 Å². The lowest BCUT2D eigenvalue weighted by atomic mass is 10.1. The molecule has 0 unspecified atom stereocenters. The van der Waals surface area contributed by atoms with E-state index >= 15 is 0 Å². The van der Waals surface area contributed by atoms with Crippen LogP contribution >= 0.6 is 0 Å². The largest absolute Gasteiger partial charge is 0.398 e. The second-order valence-electron chi connectivity index (χ2n) is 4.80. The molecule has 19 heavy (non-hydrogen) atoms. The number of rotatable bonds is 3. The number of carbonyl (C=O) groups is 1. The third-order valence-corrected chi connectivity index (χ3v) is 3.10. The highest BCUT2D eigenvalue weighted by molar-refractivity contribution is 5.99. The Bertz CT molecular complexity index is 633. The predicted octanol–water partition coefficient (Wildman–Crippen LogP) is 3.83. The fourth-order valence-corrected chi connectivity index (χ4v) is 1.99. The number of hydrogen-bond donors (Lipinski definition) is 2. The first-order valence-corrected chi connectivity index (χ1v) is 6.22. The van der Waals surface area contributed by atoms with Gasteiger partial charge in [0.2, 0.25) is 0 Å². The molecule has 0 saturated carbocycles. The smallest absolute Gasteiger partial charge is 0.161 e. The van der Waals surface area contributed by atoms with E-state index in [0.29, 0.717) is 11.3 Å². The average Bonchev–Trinajstić information content (AvgIpc) is 2.33. The zero-order chi connectivity index (χ0) is 14.0. The minimum absolute atomic E-state index is 0.0178. The van der Waals surface area contributed by atoms with Gasteiger partial charge in [0.15, 0.2) is 5.78 Å². The van der Waals surface area contributed by atoms with E-state index in [0.717, 1.165) is 11.4 Å². The number of nitrogens with two attached hydrogens (primary N) is 1. The minimum atomic E-state index is -0.0178. The van der Waals surface area contributed by atoms with Crippen LogP contribution in [0.3, 0.4) is 0 Å². The molecule has 98 valence electrons. The van der Waals surface area contributed by atoms with E-state index in [2.05, 4.69) is 37.4 Å². The zero-order valence-electron chi connectivity index (χ0n) is 11.4. The maximum Gasteiger partial charge on any atom is 0.161 e. The van der Waals surface area contributed by atoms with Crippen molar-refractivity contribution in [2.45, 2.75) is 20.8 Å². The summed E-state index contributed by atoms with van der Waals surface area (Å²) in [7, 11) is 0. The maximum atomic E-state index is 11.3. The lowest BCUT2D eigenvalue weighted by Gasteiger charge is -2.12. The van der Waals surface area contributed by atoms with Gasteiger partial charge in [-0.15, -0.1) is 0 Å². The Morgan fingerprint density at radius 2 is 1.84 bits per heavy atom. The first kappa shape index (κ1) is 13.1. The number of aryl methyl sites for hydroxylation is 2. The maximum absolute atomic E-state index is 11.3. The van der Waals surface area contributed by atoms with E-state index in [9.17, 15) is 4.79 Å². The molecule has 0 fully saturated rings. The molecule has 0 heterocycles. The van der Waals surface area contributed by atoms with Gasteiger partial charge < -0.3 is 11.1 Å². The summed E-state index contributed by atoms with van der Waals surface area (Å²) in [5.41, 5.74) is 11.2. The van der Waals surface area contributed by atoms with Gasteiger partial charge in [-0.3, -0.25) is 4.79 Å². The monoisotopic (exact) mass is 254 g/mol. The van der Waals surface area contributed by atoms with Crippen LogP contribution in [0.15, 0.2) is 36.4 Å². The number of anilines is 3. The molecule has 0 atom stereocenters. The highest BCUT2D eigenvalue weighted by atomic mass is 16.1. The topological polar surface area (TPSA) is 55.1 Å². The van der Waals surface area contributed by atoms with Crippen molar-refractivity contribution < 1.29 is 4.79 Å². The van der Waals surface area contributed by atoms with Crippen LogP contribution in [0.1, 0.15) is 28.4 Å². The summed E-state index contributed by atoms with van der Waals surface area (Å²) >= 11 is 0. The third-order valence-electron chi connectivity index (χ3n) is 3.10. The molecular formula is C16H18N2O. The average molecular weight is 254 g/mol. The van der Waals surface area contributed by atoms with Gasteiger partial charge in [-0.2, -0.15) is 0 Å². The van der Waals surface area contributed by atoms with Crippen molar-refractivity contribution in [2.75, 3.05) is 11.1 Å². The van der Waals surface area contributed by atoms with Crippen LogP contribution in [0.4, 0.5) is 17.1 Å². The van der Waals surface area contributed by atoms with Gasteiger partial charge in [0.1, 0.15) is 0 Å². The van der Waals surface area contributed by atoms with E-state index in [4.69, 9.17) is 5.73 Å². The number of hydrogen-bond acceptors (Lipinski definition) is 3. The molecule has 2 aromatic rings. The summed E-state index contributed by atoms with van der Waals surface area (Å²) in [6.45, 7) is 5.62. The number of nitrogen functional groups attached to an aromatic ring is 1. The molecule has 0 bridgehead atoms. The normalized spacial score (nSPS) is 10.3. The molecule has 0 saturated heterocycles. The molecule has 0 aromatic heterocycles. The van der Waals surface area contributed by atoms with E-state index in [1.54, 1.807) is 12.1 Å². The Hall–Kier alpha value is -2.29. The van der Waals surface area contributed by atoms with Crippen molar-refractivity contribution in [2.24, 2.45) is 0 Å². The number of nitrogens with one attached hydrogen (secondary N) is 1. The van der Waals surface area contributed by atoms with Crippen LogP contribution in [-0.4, -0.2) is 5.78 Å². The Labute approximate surface area is 113 Å². The van der Waals surface area contributed by atoms with Crippen molar-refractivity contribution in [1.82, 2.24) is 0 Å². The van der Waals surface area contributed by atoms with Crippen molar-refractivity contribution in [1.29, 1.82) is 0 Å². The number of benzene rings is 2. The standard InChI is InChI=1S/C16H18N2O/c1-10-4-5-11(2)16(8-10)18-13-6-7-14(12(3)19)15(17)9-13/h4-9,18H,17H2,1-3H3. The third kappa shape index (κ3) is 2.94. The molecule has 0 aliphatic rings. The molecular weight excluding hydrogens is 236 g/mol. The first-order valence-electron chi connectivity index (χ1n) is 6.22. The molecule has 3 heteroatoms. The number of Topliss-reactive ketones (excluding diaryl/α,β-unsaturated/α-hetero) is 1. The molecule has 3 nitrogen and oxygen atoms in total. The van der Waals surface area contributed by atoms with Gasteiger partial charge in [0.25, 0.3) is 0 Å². The second-order valence-corrected chi connectivity index (χ2v) is 4.80. The molecule has 0 aliphatic carbocycles. The van der Waals surface area contributed by atoms with Crippen molar-refractivity contribution in [3.8, 4) is 0 Å². The van der Waals surface area contributed by atoms with Crippen molar-refractivity contribution in [3.05, 3.63) is 53.1 Å². The zero-order valence-corrected chi connectivity index (χ0v) is 11.4. The summed E-state index contributed by atoms with van der Waals surface area (Å²) in [6, 6.07) is 11.7. The van der Waals surface area contributed by atoms with Crippen molar-refractivity contribution >= 4 is 22.8 Å². The van der Waals surface area contributed by atoms with Gasteiger partial charge in [-0.25, -0.2) is 0 Å². The van der Waals surface area contributed by atoms with Gasteiger partial charge in [0.05, 0.1) is 0 Å². The Kier molecular flexibility index (Phi) is 3.56. The van der Waals surface area contributed by atoms with Crippen LogP contribution in [0.25, 0.3) is 0 Å². The quantitative estimate of drug-likeness (QED) is 0.646. The van der Waals surface area contributed by atoms with Crippen LogP contribution < -0.4 is 11.1 Å². The minimum Gasteiger partial charge on any atom is -0.398 e. The summed E-state index contributed by atoms with van der Waals surface area (Å²) < 4.78 is 0. The fourth-order valence-electron chi connectivity index (χ4n) is 1.99. The SMILES string of the molecule is CC(=O)c1ccc(Nc2cc(C)ccc2C)cc1N. The summed E-state index contributed by atoms with van der Waals surface area (Å²) in [6.07, 6.45) is 0. The predicted molar refractivity (Wildman–Crippen MR) is 80.1 cm³/mol. The van der Waals surface area contributed by atoms with E-state index in [-0.39, 0.29) is 5.78 Å². The summed E-state index contributed by atoms with van der Waals surface area (Å²) in [5.74, 6) is -0.0178. The van der Waals surface area contributed by atoms with E-state index in [1.165, 1.54) is 18.1 Å². The summed E-state index contributed by atoms with van der Waals surface area (Å²) in [4.78, 5) is 11.3. The van der Waals surface area contributed by atoms with Gasteiger partial charge in [0, 0.05) is 22.6 Å². The highest BCUT2D eigenvalue weighted by Crippen LogP contribution is 2.24. The lowest BCUT2D eigenvalue weighted by Crippen LogP contribution is -2.01. The van der Waals surface area contributed by atoms with Crippen LogP contribution in [0.2, 0.25) is 0 Å². The molecule has 2 rings (SSSR count). The Balaban J connectivity index is 2.31. The van der Waals surface area contributed by atoms with Gasteiger partial charge in [-0.1, -0.05) is 12.1 Å². The second kappa shape index (κ2) is 5.14. The van der Waals surface area contributed by atoms with Crippen LogP contribution in [-0.2, 0) is 0 Å². The van der Waals surface area contributed by atoms with Crippen molar-refractivity contribution in [3.63, 3.8) is 0 Å². The Morgan fingerprint density at radius 1 is 1.11 bits per heavy atom. The molecule has 3 N–H and O–H groups in total. The van der Waals surface area contributed by atoms with Gasteiger partial charge >= 0.3 is 0 Å². The van der Waals surface area contributed by atoms with Crippen LogP contribution in [0.5, 0.6) is 0 Å². The molecule has 0 amide bonds. The number of ketones is 1. The Morgan fingerprint density at radius 3 is 2.47 bits per heavy atom. The molecule has 0 aliphatic heterocycles. The summed E-state index contributed by atoms with van der Waals surface area (Å²) in [5, 5.41) is 3.33. The highest BCUT2D eigenvalue weighted by Gasteiger charge is 2.06. The van der Waals surface area contributed by atoms with E-state index < -0.39 is 0 Å². The van der Waals surface area contributed by atoms with Gasteiger partial charge in [-0.05, 0) is 56.2 Å². The fraction of sp³-hybridized carbons (Fsp3) is 0.188. The molecule has 0 radical (unpaired) electrons. The molecule has 2 aromatic carbocycles. The van der Waals surface area contributed by atoms with Crippen LogP contribution in [0, 0.1) is 13.8 Å². The molecule has 0 spiro atoms. The number of carbonyl (C=O) groups excluding carboxylic acids is 1. The first-order chi connectivity index (χ1) is 8.97. The lowest BCUT2D eigenvalue weighted by molar-refractivity contribution is 0.101.